The van der Waals surface area contributed by atoms with E-state index >= 15 is 0 Å². The van der Waals surface area contributed by atoms with Crippen LogP contribution in [0, 0.1) is 0 Å². The van der Waals surface area contributed by atoms with Gasteiger partial charge in [-0.15, -0.1) is 0 Å². The van der Waals surface area contributed by atoms with Crippen LogP contribution in [0.1, 0.15) is 35.8 Å². The number of anilines is 2. The SMILES string of the molecule is CC(C)c1noc(N)c1C(=O)Nc1ccccc1. The number of amides is 1. The van der Waals surface area contributed by atoms with Crippen molar-refractivity contribution in [1.29, 1.82) is 0 Å². The van der Waals surface area contributed by atoms with Crippen molar-refractivity contribution in [3.8, 4) is 0 Å². The Kier molecular flexibility index (Phi) is 3.32. The fourth-order valence-corrected chi connectivity index (χ4v) is 1.65. The number of aromatic nitrogens is 1. The largest absolute Gasteiger partial charge is 0.367 e. The fraction of sp³-hybridized carbons (Fsp3) is 0.231. The van der Waals surface area contributed by atoms with E-state index in [4.69, 9.17) is 10.3 Å². The summed E-state index contributed by atoms with van der Waals surface area (Å²) in [6, 6.07) is 9.17. The Bertz CT molecular complexity index is 547. The second-order valence-electron chi connectivity index (χ2n) is 4.28. The molecular weight excluding hydrogens is 230 g/mol. The lowest BCUT2D eigenvalue weighted by molar-refractivity contribution is 0.102. The topological polar surface area (TPSA) is 81.2 Å². The predicted molar refractivity (Wildman–Crippen MR) is 69.4 cm³/mol. The molecule has 2 rings (SSSR count). The molecule has 0 unspecified atom stereocenters. The number of nitrogen functional groups attached to an aromatic ring is 1. The van der Waals surface area contributed by atoms with E-state index in [-0.39, 0.29) is 17.7 Å². The van der Waals surface area contributed by atoms with Crippen LogP contribution < -0.4 is 11.1 Å². The summed E-state index contributed by atoms with van der Waals surface area (Å²) in [6.45, 7) is 3.85. The molecule has 18 heavy (non-hydrogen) atoms. The number of nitrogens with zero attached hydrogens (tertiary/aromatic N) is 1. The summed E-state index contributed by atoms with van der Waals surface area (Å²) < 4.78 is 4.88. The molecule has 0 fully saturated rings. The fourth-order valence-electron chi connectivity index (χ4n) is 1.65. The quantitative estimate of drug-likeness (QED) is 0.870. The highest BCUT2D eigenvalue weighted by atomic mass is 16.5. The van der Waals surface area contributed by atoms with Crippen molar-refractivity contribution in [1.82, 2.24) is 5.16 Å². The van der Waals surface area contributed by atoms with Crippen LogP contribution in [0.4, 0.5) is 11.6 Å². The van der Waals surface area contributed by atoms with E-state index in [0.29, 0.717) is 16.9 Å². The molecule has 94 valence electrons. The molecule has 0 saturated carbocycles. The van der Waals surface area contributed by atoms with Gasteiger partial charge in [-0.25, -0.2) is 0 Å². The molecule has 0 bridgehead atoms. The Hall–Kier alpha value is -2.30. The third-order valence-electron chi connectivity index (χ3n) is 2.55. The van der Waals surface area contributed by atoms with Crippen molar-refractivity contribution in [2.24, 2.45) is 0 Å². The van der Waals surface area contributed by atoms with Gasteiger partial charge in [0.25, 0.3) is 5.91 Å². The average Bonchev–Trinajstić information content (AvgIpc) is 2.72. The predicted octanol–water partition coefficient (Wildman–Crippen LogP) is 2.63. The maximum Gasteiger partial charge on any atom is 0.263 e. The van der Waals surface area contributed by atoms with Gasteiger partial charge in [-0.2, -0.15) is 0 Å². The number of para-hydroxylation sites is 1. The van der Waals surface area contributed by atoms with Crippen LogP contribution in [0.15, 0.2) is 34.9 Å². The molecule has 5 heteroatoms. The summed E-state index contributed by atoms with van der Waals surface area (Å²) in [5, 5.41) is 6.58. The Morgan fingerprint density at radius 2 is 2.00 bits per heavy atom. The Morgan fingerprint density at radius 3 is 2.61 bits per heavy atom. The van der Waals surface area contributed by atoms with E-state index in [0.717, 1.165) is 0 Å². The van der Waals surface area contributed by atoms with Crippen molar-refractivity contribution < 1.29 is 9.32 Å². The number of nitrogens with one attached hydrogen (secondary N) is 1. The first kappa shape index (κ1) is 12.2. The van der Waals surface area contributed by atoms with Crippen molar-refractivity contribution in [3.05, 3.63) is 41.6 Å². The van der Waals surface area contributed by atoms with Crippen LogP contribution in [0.25, 0.3) is 0 Å². The highest BCUT2D eigenvalue weighted by Crippen LogP contribution is 2.24. The number of carbonyl (C=O) groups is 1. The number of rotatable bonds is 3. The summed E-state index contributed by atoms with van der Waals surface area (Å²) in [5.74, 6) is -0.182. The maximum absolute atomic E-state index is 12.1. The highest BCUT2D eigenvalue weighted by Gasteiger charge is 2.23. The van der Waals surface area contributed by atoms with E-state index < -0.39 is 0 Å². The number of nitrogens with two attached hydrogens (primary N) is 1. The van der Waals surface area contributed by atoms with Crippen LogP contribution in [0.5, 0.6) is 0 Å². The van der Waals surface area contributed by atoms with Gasteiger partial charge in [0, 0.05) is 5.69 Å². The molecule has 2 aromatic rings. The Balaban J connectivity index is 2.27. The molecule has 1 aromatic heterocycles. The molecule has 0 aliphatic rings. The van der Waals surface area contributed by atoms with Gasteiger partial charge in [0.2, 0.25) is 5.88 Å². The van der Waals surface area contributed by atoms with Crippen LogP contribution in [0.2, 0.25) is 0 Å². The first-order valence-electron chi connectivity index (χ1n) is 5.71. The van der Waals surface area contributed by atoms with Gasteiger partial charge in [0.1, 0.15) is 11.3 Å². The van der Waals surface area contributed by atoms with Gasteiger partial charge in [0.15, 0.2) is 0 Å². The van der Waals surface area contributed by atoms with Crippen LogP contribution >= 0.6 is 0 Å². The molecule has 3 N–H and O–H groups in total. The molecule has 1 aromatic carbocycles. The minimum atomic E-state index is -0.302. The second-order valence-corrected chi connectivity index (χ2v) is 4.28. The normalized spacial score (nSPS) is 10.6. The molecule has 0 radical (unpaired) electrons. The standard InChI is InChI=1S/C13H15N3O2/c1-8(2)11-10(12(14)18-16-11)13(17)15-9-6-4-3-5-7-9/h3-8H,14H2,1-2H3,(H,15,17). The zero-order valence-corrected chi connectivity index (χ0v) is 10.3. The summed E-state index contributed by atoms with van der Waals surface area (Å²) >= 11 is 0. The summed E-state index contributed by atoms with van der Waals surface area (Å²) in [7, 11) is 0. The van der Waals surface area contributed by atoms with Crippen LogP contribution in [0.3, 0.4) is 0 Å². The highest BCUT2D eigenvalue weighted by molar-refractivity contribution is 6.07. The minimum absolute atomic E-state index is 0.0483. The number of hydrogen-bond donors (Lipinski definition) is 2. The van der Waals surface area contributed by atoms with Gasteiger partial charge in [-0.05, 0) is 18.1 Å². The minimum Gasteiger partial charge on any atom is -0.367 e. The smallest absolute Gasteiger partial charge is 0.263 e. The molecule has 1 amide bonds. The van der Waals surface area contributed by atoms with Gasteiger partial charge < -0.3 is 15.6 Å². The summed E-state index contributed by atoms with van der Waals surface area (Å²) in [6.07, 6.45) is 0. The van der Waals surface area contributed by atoms with Crippen LogP contribution in [-0.2, 0) is 0 Å². The van der Waals surface area contributed by atoms with E-state index in [1.165, 1.54) is 0 Å². The zero-order chi connectivity index (χ0) is 13.1. The van der Waals surface area contributed by atoms with Crippen molar-refractivity contribution in [2.45, 2.75) is 19.8 Å². The average molecular weight is 245 g/mol. The van der Waals surface area contributed by atoms with Crippen molar-refractivity contribution >= 4 is 17.5 Å². The van der Waals surface area contributed by atoms with Gasteiger partial charge in [0.05, 0.1) is 0 Å². The molecule has 0 atom stereocenters. The molecule has 0 spiro atoms. The number of benzene rings is 1. The molecule has 0 saturated heterocycles. The summed E-state index contributed by atoms with van der Waals surface area (Å²) in [5.41, 5.74) is 7.23. The lowest BCUT2D eigenvalue weighted by atomic mass is 10.1. The first-order chi connectivity index (χ1) is 8.59. The molecule has 1 heterocycles. The second kappa shape index (κ2) is 4.91. The number of carbonyl (C=O) groups excluding carboxylic acids is 1. The third kappa shape index (κ3) is 2.34. The Morgan fingerprint density at radius 1 is 1.33 bits per heavy atom. The monoisotopic (exact) mass is 245 g/mol. The Labute approximate surface area is 105 Å². The zero-order valence-electron chi connectivity index (χ0n) is 10.3. The van der Waals surface area contributed by atoms with Crippen molar-refractivity contribution in [3.63, 3.8) is 0 Å². The van der Waals surface area contributed by atoms with Gasteiger partial charge in [-0.1, -0.05) is 37.2 Å². The summed E-state index contributed by atoms with van der Waals surface area (Å²) in [4.78, 5) is 12.1. The molecular formula is C13H15N3O2. The first-order valence-corrected chi connectivity index (χ1v) is 5.71. The third-order valence-corrected chi connectivity index (χ3v) is 2.55. The van der Waals surface area contributed by atoms with E-state index in [1.807, 2.05) is 32.0 Å². The number of hydrogen-bond acceptors (Lipinski definition) is 4. The van der Waals surface area contributed by atoms with E-state index in [2.05, 4.69) is 10.5 Å². The molecule has 5 nitrogen and oxygen atoms in total. The van der Waals surface area contributed by atoms with E-state index in [1.54, 1.807) is 12.1 Å². The van der Waals surface area contributed by atoms with E-state index in [9.17, 15) is 4.79 Å². The van der Waals surface area contributed by atoms with Crippen molar-refractivity contribution in [2.75, 3.05) is 11.1 Å². The lowest BCUT2D eigenvalue weighted by Crippen LogP contribution is -2.15. The molecule has 0 aliphatic carbocycles. The van der Waals surface area contributed by atoms with Gasteiger partial charge >= 0.3 is 0 Å². The molecule has 0 aliphatic heterocycles. The van der Waals surface area contributed by atoms with Gasteiger partial charge in [-0.3, -0.25) is 4.79 Å². The lowest BCUT2D eigenvalue weighted by Gasteiger charge is -2.06. The van der Waals surface area contributed by atoms with Crippen LogP contribution in [-0.4, -0.2) is 11.1 Å². The maximum atomic E-state index is 12.1.